The molecule has 1 atom stereocenters. The minimum absolute atomic E-state index is 0.0114. The van der Waals surface area contributed by atoms with Crippen LogP contribution in [0, 0.1) is 0 Å². The number of amides is 1. The van der Waals surface area contributed by atoms with Gasteiger partial charge in [-0.3, -0.25) is 9.69 Å². The summed E-state index contributed by atoms with van der Waals surface area (Å²) >= 11 is 0. The largest absolute Gasteiger partial charge is 0.479 e. The van der Waals surface area contributed by atoms with E-state index in [2.05, 4.69) is 48.5 Å². The zero-order valence-electron chi connectivity index (χ0n) is 34.4. The van der Waals surface area contributed by atoms with Gasteiger partial charge in [-0.05, 0) is 64.1 Å². The fourth-order valence-corrected chi connectivity index (χ4v) is 8.88. The van der Waals surface area contributed by atoms with E-state index in [9.17, 15) is 19.5 Å². The van der Waals surface area contributed by atoms with Crippen LogP contribution in [0.15, 0.2) is 140 Å². The van der Waals surface area contributed by atoms with Gasteiger partial charge in [0.15, 0.2) is 11.6 Å². The van der Waals surface area contributed by atoms with Crippen LogP contribution in [0.2, 0.25) is 0 Å². The molecule has 0 radical (unpaired) electrons. The van der Waals surface area contributed by atoms with Gasteiger partial charge < -0.3 is 14.4 Å². The number of fused-ring (bicyclic) bond motifs is 1. The van der Waals surface area contributed by atoms with Gasteiger partial charge in [-0.1, -0.05) is 153 Å². The molecule has 1 aliphatic rings. The van der Waals surface area contributed by atoms with Crippen molar-refractivity contribution in [2.24, 2.45) is 0 Å². The second kappa shape index (κ2) is 17.2. The number of carboxylic acids is 1. The second-order valence-corrected chi connectivity index (χ2v) is 15.2. The number of ketones is 1. The number of aliphatic carboxylic acids is 1. The number of carbonyl (C=O) groups excluding carboxylic acids is 2. The van der Waals surface area contributed by atoms with E-state index >= 15 is 0 Å². The number of ether oxygens (including phenoxy) is 1. The van der Waals surface area contributed by atoms with Crippen LogP contribution >= 0.6 is 0 Å². The molecule has 12 nitrogen and oxygen atoms in total. The van der Waals surface area contributed by atoms with Crippen molar-refractivity contribution >= 4 is 17.8 Å². The summed E-state index contributed by atoms with van der Waals surface area (Å²) in [6, 6.07) is 46.9. The van der Waals surface area contributed by atoms with E-state index in [1.165, 1.54) is 6.92 Å². The van der Waals surface area contributed by atoms with Gasteiger partial charge in [0.25, 0.3) is 0 Å². The number of nitrogens with zero attached hydrogens (tertiary/aromatic N) is 7. The van der Waals surface area contributed by atoms with E-state index in [4.69, 9.17) is 20.0 Å². The number of unbranched alkanes of at least 4 members (excludes halogenated alkanes) is 1. The Morgan fingerprint density at radius 2 is 1.34 bits per heavy atom. The van der Waals surface area contributed by atoms with Gasteiger partial charge in [-0.15, -0.1) is 5.10 Å². The predicted octanol–water partition coefficient (Wildman–Crippen LogP) is 8.32. The van der Waals surface area contributed by atoms with Gasteiger partial charge in [0, 0.05) is 31.5 Å². The van der Waals surface area contributed by atoms with Crippen LogP contribution < -0.4 is 0 Å². The Kier molecular flexibility index (Phi) is 11.4. The van der Waals surface area contributed by atoms with E-state index < -0.39 is 28.9 Å². The summed E-state index contributed by atoms with van der Waals surface area (Å²) in [7, 11) is 0. The average Bonchev–Trinajstić information content (AvgIpc) is 3.92. The van der Waals surface area contributed by atoms with Crippen LogP contribution in [0.5, 0.6) is 0 Å². The maximum Gasteiger partial charge on any atom is 0.411 e. The van der Waals surface area contributed by atoms with Crippen molar-refractivity contribution in [2.45, 2.75) is 64.1 Å². The van der Waals surface area contributed by atoms with Crippen molar-refractivity contribution in [2.75, 3.05) is 13.2 Å². The molecule has 12 heteroatoms. The van der Waals surface area contributed by atoms with Crippen molar-refractivity contribution in [1.82, 2.24) is 34.7 Å². The molecule has 1 amide bonds. The molecule has 0 saturated carbocycles. The van der Waals surface area contributed by atoms with Crippen molar-refractivity contribution in [3.63, 3.8) is 0 Å². The number of hydrogen-bond acceptors (Lipinski definition) is 8. The van der Waals surface area contributed by atoms with E-state index in [1.807, 2.05) is 112 Å². The first kappa shape index (κ1) is 40.6. The van der Waals surface area contributed by atoms with Crippen molar-refractivity contribution < 1.29 is 24.2 Å². The monoisotopic (exact) mass is 813 g/mol. The Morgan fingerprint density at radius 3 is 1.89 bits per heavy atom. The first-order valence-electron chi connectivity index (χ1n) is 20.7. The summed E-state index contributed by atoms with van der Waals surface area (Å²) in [4.78, 5) is 46.3. The highest BCUT2D eigenvalue weighted by Crippen LogP contribution is 2.44. The lowest BCUT2D eigenvalue weighted by Gasteiger charge is -2.41. The Balaban J connectivity index is 1.23. The number of benzene rings is 5. The molecule has 0 fully saturated rings. The van der Waals surface area contributed by atoms with Crippen LogP contribution in [-0.2, 0) is 44.8 Å². The third-order valence-corrected chi connectivity index (χ3v) is 11.6. The maximum atomic E-state index is 13.6. The zero-order valence-corrected chi connectivity index (χ0v) is 34.4. The normalized spacial score (nSPS) is 15.0. The molecule has 0 bridgehead atoms. The molecule has 2 aromatic heterocycles. The molecule has 3 heterocycles. The lowest BCUT2D eigenvalue weighted by molar-refractivity contribution is -0.158. The van der Waals surface area contributed by atoms with Crippen LogP contribution in [0.1, 0.15) is 73.1 Å². The predicted molar refractivity (Wildman–Crippen MR) is 231 cm³/mol. The Morgan fingerprint density at radius 1 is 0.770 bits per heavy atom. The first-order valence-corrected chi connectivity index (χ1v) is 20.7. The summed E-state index contributed by atoms with van der Waals surface area (Å²) in [5, 5.41) is 24.7. The summed E-state index contributed by atoms with van der Waals surface area (Å²) in [6.45, 7) is 5.19. The van der Waals surface area contributed by atoms with Gasteiger partial charge in [0.1, 0.15) is 11.4 Å². The number of aromatic nitrogens is 6. The zero-order chi connectivity index (χ0) is 42.6. The lowest BCUT2D eigenvalue weighted by atomic mass is 9.77. The smallest absolute Gasteiger partial charge is 0.411 e. The average molecular weight is 814 g/mol. The van der Waals surface area contributed by atoms with Crippen molar-refractivity contribution in [3.05, 3.63) is 179 Å². The SMILES string of the molecule is CCCCc1nc2c(n1Cc1ccc(-c3ccccc3-c3nnnn3C(c3ccccc3)(c3ccccc3)c3ccccc3)cc1)C(C(C)=O)(C(=O)O)N(C(=O)OCC)CC2. The van der Waals surface area contributed by atoms with Gasteiger partial charge in [0.05, 0.1) is 18.0 Å². The van der Waals surface area contributed by atoms with E-state index in [0.717, 1.165) is 56.7 Å². The second-order valence-electron chi connectivity index (χ2n) is 15.2. The molecule has 308 valence electrons. The third-order valence-electron chi connectivity index (χ3n) is 11.6. The number of carbonyl (C=O) groups is 3. The number of rotatable bonds is 14. The molecule has 0 saturated heterocycles. The molecule has 0 aliphatic carbocycles. The van der Waals surface area contributed by atoms with E-state index in [1.54, 1.807) is 6.92 Å². The molecule has 1 aliphatic heterocycles. The molecule has 1 unspecified atom stereocenters. The van der Waals surface area contributed by atoms with Crippen LogP contribution in [0.4, 0.5) is 4.79 Å². The number of carboxylic acid groups (broad SMARTS) is 1. The summed E-state index contributed by atoms with van der Waals surface area (Å²) in [5.74, 6) is -0.892. The van der Waals surface area contributed by atoms with Crippen molar-refractivity contribution in [3.8, 4) is 22.5 Å². The molecule has 8 rings (SSSR count). The first-order chi connectivity index (χ1) is 29.8. The van der Waals surface area contributed by atoms with Gasteiger partial charge in [-0.2, -0.15) is 0 Å². The minimum atomic E-state index is -2.30. The van der Waals surface area contributed by atoms with Crippen LogP contribution in [-0.4, -0.2) is 70.8 Å². The van der Waals surface area contributed by atoms with Gasteiger partial charge >= 0.3 is 12.1 Å². The number of imidazole rings is 1. The Hall–Kier alpha value is -7.21. The summed E-state index contributed by atoms with van der Waals surface area (Å²) in [5.41, 5.74) is 3.95. The fraction of sp³-hybridized carbons (Fsp3) is 0.245. The standard InChI is InChI=1S/C49H47N7O5/c1-4-6-26-43-50-42-31-32-55(47(60)61-5-2)48(34(3)57,46(58)59)44(42)54(43)33-35-27-29-36(30-28-35)40-24-16-17-25-41(40)45-51-52-53-56(45)49(37-18-10-7-11-19-37,38-20-12-8-13-21-38)39-22-14-9-15-23-39/h7-25,27-30H,4-6,26,31-33H2,1-3H3,(H,58,59). The lowest BCUT2D eigenvalue weighted by Crippen LogP contribution is -2.62. The molecule has 7 aromatic rings. The highest BCUT2D eigenvalue weighted by atomic mass is 16.6. The minimum Gasteiger partial charge on any atom is -0.479 e. The summed E-state index contributed by atoms with van der Waals surface area (Å²) in [6.07, 6.45) is 1.72. The highest BCUT2D eigenvalue weighted by molar-refractivity contribution is 6.09. The summed E-state index contributed by atoms with van der Waals surface area (Å²) < 4.78 is 9.05. The fourth-order valence-electron chi connectivity index (χ4n) is 8.88. The quantitative estimate of drug-likeness (QED) is 0.0847. The molecular formula is C49H47N7O5. The van der Waals surface area contributed by atoms with E-state index in [-0.39, 0.29) is 31.8 Å². The molecule has 1 N–H and O–H groups in total. The highest BCUT2D eigenvalue weighted by Gasteiger charge is 2.59. The number of Topliss-reactive ketones (excluding diaryl/α,β-unsaturated/α-hetero) is 1. The van der Waals surface area contributed by atoms with Gasteiger partial charge in [0.2, 0.25) is 5.54 Å². The number of hydrogen-bond donors (Lipinski definition) is 1. The van der Waals surface area contributed by atoms with E-state index in [0.29, 0.717) is 23.8 Å². The molecule has 5 aromatic carbocycles. The molecule has 0 spiro atoms. The Bertz CT molecular complexity index is 2550. The molecular weight excluding hydrogens is 767 g/mol. The number of tetrazole rings is 1. The van der Waals surface area contributed by atoms with Crippen molar-refractivity contribution in [1.29, 1.82) is 0 Å². The topological polar surface area (TPSA) is 145 Å². The van der Waals surface area contributed by atoms with Gasteiger partial charge in [-0.25, -0.2) is 19.3 Å². The Labute approximate surface area is 354 Å². The molecule has 61 heavy (non-hydrogen) atoms. The van der Waals surface area contributed by atoms with Crippen LogP contribution in [0.25, 0.3) is 22.5 Å². The number of aryl methyl sites for hydroxylation is 1. The van der Waals surface area contributed by atoms with Crippen LogP contribution in [0.3, 0.4) is 0 Å². The third kappa shape index (κ3) is 6.97. The maximum absolute atomic E-state index is 13.6.